The molecule has 4 rings (SSSR count). The first-order valence-electron chi connectivity index (χ1n) is 13.3. The van der Waals surface area contributed by atoms with Crippen LogP contribution in [0.1, 0.15) is 37.7 Å². The number of amides is 3. The van der Waals surface area contributed by atoms with Gasteiger partial charge in [-0.1, -0.05) is 36.1 Å². The molecule has 4 aromatic rings. The lowest BCUT2D eigenvalue weighted by Gasteiger charge is -2.14. The van der Waals surface area contributed by atoms with Crippen molar-refractivity contribution in [3.63, 3.8) is 0 Å². The van der Waals surface area contributed by atoms with Gasteiger partial charge in [-0.3, -0.25) is 28.8 Å². The van der Waals surface area contributed by atoms with Crippen LogP contribution < -0.4 is 15.4 Å². The zero-order valence-electron chi connectivity index (χ0n) is 23.9. The second kappa shape index (κ2) is 14.3. The largest absolute Gasteiger partial charge is 0.394 e. The van der Waals surface area contributed by atoms with Gasteiger partial charge in [0, 0.05) is 42.8 Å². The zero-order valence-corrected chi connectivity index (χ0v) is 24.7. The van der Waals surface area contributed by atoms with E-state index in [1.165, 1.54) is 35.3 Å². The van der Waals surface area contributed by atoms with Gasteiger partial charge in [0.2, 0.25) is 0 Å². The van der Waals surface area contributed by atoms with E-state index in [0.29, 0.717) is 22.5 Å². The fourth-order valence-corrected chi connectivity index (χ4v) is 5.57. The van der Waals surface area contributed by atoms with Gasteiger partial charge in [0.25, 0.3) is 17.7 Å². The average molecular weight is 615 g/mol. The molecule has 0 saturated heterocycles. The third-order valence-corrected chi connectivity index (χ3v) is 8.05. The number of nitrogens with zero attached hydrogens (tertiary/aromatic N) is 3. The van der Waals surface area contributed by atoms with Crippen molar-refractivity contribution in [2.45, 2.75) is 17.9 Å². The van der Waals surface area contributed by atoms with Crippen molar-refractivity contribution >= 4 is 38.5 Å². The molecule has 0 bridgehead atoms. The number of nitrogens with one attached hydrogen (secondary N) is 3. The van der Waals surface area contributed by atoms with E-state index in [0.717, 1.165) is 11.1 Å². The molecule has 12 nitrogen and oxygen atoms in total. The van der Waals surface area contributed by atoms with Crippen LogP contribution in [0, 0.1) is 18.8 Å². The summed E-state index contributed by atoms with van der Waals surface area (Å²) in [4.78, 5) is 42.6. The Labute approximate surface area is 254 Å². The van der Waals surface area contributed by atoms with Gasteiger partial charge in [0.1, 0.15) is 5.69 Å². The predicted molar refractivity (Wildman–Crippen MR) is 165 cm³/mol. The number of rotatable bonds is 9. The first kappa shape index (κ1) is 31.6. The molecule has 44 heavy (non-hydrogen) atoms. The van der Waals surface area contributed by atoms with Crippen molar-refractivity contribution in [1.29, 1.82) is 0 Å². The molecular formula is C31H30N6O6S. The number of aromatic nitrogens is 3. The van der Waals surface area contributed by atoms with Crippen LogP contribution in [0.4, 0.5) is 5.69 Å². The second-order valence-electron chi connectivity index (χ2n) is 9.59. The molecule has 0 aliphatic heterocycles. The van der Waals surface area contributed by atoms with Crippen LogP contribution in [-0.2, 0) is 21.5 Å². The molecular weight excluding hydrogens is 584 g/mol. The highest BCUT2D eigenvalue weighted by Gasteiger charge is 2.19. The molecule has 0 fully saturated rings. The van der Waals surface area contributed by atoms with Crippen molar-refractivity contribution in [2.75, 3.05) is 18.5 Å². The van der Waals surface area contributed by atoms with E-state index in [1.807, 2.05) is 0 Å². The summed E-state index contributed by atoms with van der Waals surface area (Å²) >= 11 is 0. The number of benzene rings is 2. The van der Waals surface area contributed by atoms with Crippen LogP contribution in [-0.4, -0.2) is 71.5 Å². The van der Waals surface area contributed by atoms with E-state index in [1.54, 1.807) is 62.5 Å². The van der Waals surface area contributed by atoms with Gasteiger partial charge in [0.15, 0.2) is 0 Å². The SMILES string of the molecule is Cc1cc(C(=O)Nc2cccc(C#Cc3cncc(C(=O)NS(=O)(=CC(=O)NC[C@H](O)CO)c4ccccc4)c3)c2)n(C)n1. The normalized spacial score (nSPS) is 12.5. The third-order valence-electron chi connectivity index (χ3n) is 6.04. The number of aliphatic hydroxyl groups excluding tert-OH is 2. The Balaban J connectivity index is 1.52. The van der Waals surface area contributed by atoms with Crippen LogP contribution >= 0.6 is 0 Å². The van der Waals surface area contributed by atoms with Gasteiger partial charge >= 0.3 is 0 Å². The summed E-state index contributed by atoms with van der Waals surface area (Å²) in [6.45, 7) is 0.966. The first-order chi connectivity index (χ1) is 21.1. The third kappa shape index (κ3) is 8.39. The topological polar surface area (TPSA) is 176 Å². The number of hydrogen-bond acceptors (Lipinski definition) is 8. The van der Waals surface area contributed by atoms with Crippen LogP contribution in [0.25, 0.3) is 0 Å². The van der Waals surface area contributed by atoms with Crippen molar-refractivity contribution in [2.24, 2.45) is 7.05 Å². The molecule has 0 aliphatic rings. The summed E-state index contributed by atoms with van der Waals surface area (Å²) in [5.74, 6) is 4.03. The van der Waals surface area contributed by atoms with Gasteiger partial charge in [-0.25, -0.2) is 4.21 Å². The predicted octanol–water partition coefficient (Wildman–Crippen LogP) is 1.04. The quantitative estimate of drug-likeness (QED) is 0.137. The number of anilines is 1. The summed E-state index contributed by atoms with van der Waals surface area (Å²) in [5.41, 5.74) is 2.71. The van der Waals surface area contributed by atoms with Gasteiger partial charge in [-0.15, -0.1) is 0 Å². The lowest BCUT2D eigenvalue weighted by atomic mass is 10.1. The molecule has 1 unspecified atom stereocenters. The molecule has 2 heterocycles. The minimum atomic E-state index is -3.56. The van der Waals surface area contributed by atoms with Gasteiger partial charge in [-0.05, 0) is 49.4 Å². The highest BCUT2D eigenvalue weighted by Crippen LogP contribution is 2.14. The summed E-state index contributed by atoms with van der Waals surface area (Å²) < 4.78 is 17.8. The fourth-order valence-electron chi connectivity index (χ4n) is 3.92. The maximum Gasteiger partial charge on any atom is 0.273 e. The van der Waals surface area contributed by atoms with E-state index in [9.17, 15) is 23.7 Å². The molecule has 0 saturated carbocycles. The Hall–Kier alpha value is -5.29. The summed E-state index contributed by atoms with van der Waals surface area (Å²) in [5, 5.41) is 28.7. The van der Waals surface area contributed by atoms with Crippen molar-refractivity contribution in [1.82, 2.24) is 24.8 Å². The van der Waals surface area contributed by atoms with Gasteiger partial charge in [0.05, 0.1) is 43.9 Å². The zero-order chi connectivity index (χ0) is 31.7. The van der Waals surface area contributed by atoms with Crippen LogP contribution in [0.3, 0.4) is 0 Å². The molecule has 5 N–H and O–H groups in total. The molecule has 2 aromatic carbocycles. The molecule has 13 heteroatoms. The lowest BCUT2D eigenvalue weighted by Crippen LogP contribution is -2.39. The molecule has 2 atom stereocenters. The van der Waals surface area contributed by atoms with E-state index in [4.69, 9.17) is 5.11 Å². The molecule has 3 amide bonds. The van der Waals surface area contributed by atoms with Crippen molar-refractivity contribution in [3.8, 4) is 11.8 Å². The monoisotopic (exact) mass is 614 g/mol. The maximum absolute atomic E-state index is 13.9. The summed E-state index contributed by atoms with van der Waals surface area (Å²) in [7, 11) is -1.87. The molecule has 226 valence electrons. The van der Waals surface area contributed by atoms with E-state index in [-0.39, 0.29) is 22.9 Å². The Morgan fingerprint density at radius 1 is 1.00 bits per heavy atom. The fraction of sp³-hybridized carbons (Fsp3) is 0.161. The Kier molecular flexibility index (Phi) is 10.3. The van der Waals surface area contributed by atoms with Crippen molar-refractivity contribution in [3.05, 3.63) is 107 Å². The number of aryl methyl sites for hydroxylation is 2. The number of carbonyl (C=O) groups excluding carboxylic acids is 3. The smallest absolute Gasteiger partial charge is 0.273 e. The van der Waals surface area contributed by atoms with Gasteiger partial charge in [-0.2, -0.15) is 5.10 Å². The maximum atomic E-state index is 13.9. The minimum Gasteiger partial charge on any atom is -0.394 e. The van der Waals surface area contributed by atoms with Gasteiger partial charge < -0.3 is 20.8 Å². The van der Waals surface area contributed by atoms with Crippen molar-refractivity contribution < 1.29 is 28.8 Å². The highest BCUT2D eigenvalue weighted by atomic mass is 32.2. The van der Waals surface area contributed by atoms with E-state index >= 15 is 0 Å². The number of aliphatic hydroxyl groups is 2. The number of carbonyl (C=O) groups is 3. The van der Waals surface area contributed by atoms with Crippen LogP contribution in [0.5, 0.6) is 0 Å². The Morgan fingerprint density at radius 3 is 2.45 bits per heavy atom. The molecule has 0 radical (unpaired) electrons. The summed E-state index contributed by atoms with van der Waals surface area (Å²) in [6, 6.07) is 18.0. The first-order valence-corrected chi connectivity index (χ1v) is 14.9. The Morgan fingerprint density at radius 2 is 1.75 bits per heavy atom. The molecule has 2 aromatic heterocycles. The standard InChI is InChI=1S/C31H30N6O6S/c1-21-13-28(37(2)35-21)31(42)34-25-8-6-7-22(15-25)11-12-23-14-24(17-32-16-23)30(41)36-44(43,27-9-4-3-5-10-27)20-29(40)33-18-26(39)19-38/h3-10,13-17,20,26,38-39H,18-19H2,1-2H3,(H,33,40)(H,34,42)(H,36,41,43)/t26-,44?/m0/s1. The number of pyridine rings is 1. The van der Waals surface area contributed by atoms with E-state index in [2.05, 4.69) is 37.3 Å². The number of hydrogen-bond donors (Lipinski definition) is 5. The van der Waals surface area contributed by atoms with E-state index < -0.39 is 34.2 Å². The minimum absolute atomic E-state index is 0.0532. The highest BCUT2D eigenvalue weighted by molar-refractivity contribution is 8.01. The summed E-state index contributed by atoms with van der Waals surface area (Å²) in [6.07, 6.45) is 1.54. The molecule has 0 spiro atoms. The van der Waals surface area contributed by atoms with Crippen LogP contribution in [0.2, 0.25) is 0 Å². The molecule has 0 aliphatic carbocycles. The lowest BCUT2D eigenvalue weighted by molar-refractivity contribution is -0.114. The van der Waals surface area contributed by atoms with Crippen LogP contribution in [0.15, 0.2) is 84.0 Å². The average Bonchev–Trinajstić information content (AvgIpc) is 3.37. The Bertz CT molecular complexity index is 1870. The second-order valence-corrected chi connectivity index (χ2v) is 11.7.